The number of amides is 3. The van der Waals surface area contributed by atoms with E-state index in [1.165, 1.54) is 24.0 Å². The summed E-state index contributed by atoms with van der Waals surface area (Å²) in [4.78, 5) is 39.5. The number of halogens is 3. The predicted octanol–water partition coefficient (Wildman–Crippen LogP) is 8.03. The van der Waals surface area contributed by atoms with Crippen molar-refractivity contribution < 1.29 is 23.2 Å². The largest absolute Gasteiger partial charge is 0.357 e. The van der Waals surface area contributed by atoms with E-state index < -0.39 is 17.0 Å². The fourth-order valence-electron chi connectivity index (χ4n) is 4.77. The predicted molar refractivity (Wildman–Crippen MR) is 172 cm³/mol. The molecule has 6 nitrogen and oxygen atoms in total. The molecular weight excluding hydrogens is 572 g/mol. The van der Waals surface area contributed by atoms with E-state index >= 15 is 0 Å². The molecular formula is C34H50ClF2N3O3. The number of rotatable bonds is 9. The first-order valence-electron chi connectivity index (χ1n) is 15.3. The summed E-state index contributed by atoms with van der Waals surface area (Å²) in [7, 11) is 0. The van der Waals surface area contributed by atoms with Crippen molar-refractivity contribution in [1.29, 1.82) is 0 Å². The van der Waals surface area contributed by atoms with Crippen LogP contribution in [0.3, 0.4) is 0 Å². The van der Waals surface area contributed by atoms with Gasteiger partial charge in [0.15, 0.2) is 0 Å². The number of unbranched alkanes of at least 4 members (excludes halogenated alkanes) is 1. The van der Waals surface area contributed by atoms with E-state index in [1.807, 2.05) is 42.2 Å². The quantitative estimate of drug-likeness (QED) is 0.308. The number of hydrogen-bond acceptors (Lipinski definition) is 3. The Bertz CT molecular complexity index is 1140. The van der Waals surface area contributed by atoms with Crippen LogP contribution in [0.15, 0.2) is 48.5 Å². The van der Waals surface area contributed by atoms with Crippen LogP contribution in [0.1, 0.15) is 87.0 Å². The average molecular weight is 622 g/mol. The molecule has 2 atom stereocenters. The van der Waals surface area contributed by atoms with E-state index in [-0.39, 0.29) is 35.4 Å². The molecule has 1 aliphatic heterocycles. The zero-order chi connectivity index (χ0) is 32.6. The summed E-state index contributed by atoms with van der Waals surface area (Å²) < 4.78 is 28.1. The van der Waals surface area contributed by atoms with Crippen LogP contribution in [0.2, 0.25) is 5.02 Å². The van der Waals surface area contributed by atoms with Crippen molar-refractivity contribution in [2.24, 2.45) is 11.3 Å². The van der Waals surface area contributed by atoms with Crippen molar-refractivity contribution in [2.45, 2.75) is 93.0 Å². The second kappa shape index (κ2) is 19.3. The fourth-order valence-corrected chi connectivity index (χ4v) is 4.92. The summed E-state index contributed by atoms with van der Waals surface area (Å²) >= 11 is 5.54. The number of nitrogens with zero attached hydrogens (tertiary/aromatic N) is 2. The van der Waals surface area contributed by atoms with Gasteiger partial charge in [0.05, 0.1) is 11.7 Å². The molecule has 1 fully saturated rings. The molecule has 0 bridgehead atoms. The molecule has 3 rings (SSSR count). The molecule has 1 N–H and O–H groups in total. The van der Waals surface area contributed by atoms with Crippen molar-refractivity contribution in [3.05, 3.63) is 65.2 Å². The molecule has 1 saturated heterocycles. The topological polar surface area (TPSA) is 69.7 Å². The maximum atomic E-state index is 14.6. The van der Waals surface area contributed by atoms with Gasteiger partial charge in [-0.3, -0.25) is 14.4 Å². The van der Waals surface area contributed by atoms with Crippen LogP contribution in [-0.4, -0.2) is 48.3 Å². The molecule has 240 valence electrons. The second-order valence-corrected chi connectivity index (χ2v) is 12.2. The number of benzene rings is 2. The lowest BCUT2D eigenvalue weighted by molar-refractivity contribution is -0.135. The zero-order valence-electron chi connectivity index (χ0n) is 26.9. The molecule has 0 spiro atoms. The van der Waals surface area contributed by atoms with Gasteiger partial charge in [0.25, 0.3) is 0 Å². The maximum absolute atomic E-state index is 14.6. The molecule has 43 heavy (non-hydrogen) atoms. The molecule has 2 aromatic rings. The molecule has 0 aliphatic carbocycles. The third-order valence-electron chi connectivity index (χ3n) is 6.92. The van der Waals surface area contributed by atoms with Gasteiger partial charge >= 0.3 is 0 Å². The van der Waals surface area contributed by atoms with Gasteiger partial charge in [-0.2, -0.15) is 0 Å². The lowest BCUT2D eigenvalue weighted by Crippen LogP contribution is -2.48. The first kappa shape index (κ1) is 38.0. The summed E-state index contributed by atoms with van der Waals surface area (Å²) in [5.41, 5.74) is -0.656. The first-order chi connectivity index (χ1) is 20.3. The van der Waals surface area contributed by atoms with Crippen LogP contribution in [0.4, 0.5) is 14.5 Å². The SMILES string of the molecule is CCCC[C@H](CCC)C(=O)N1CCC(N(C(=O)C(C)(C)C)c2ccc(F)cc2F)C1.CCNC(C)=O.Clc1ccccc1. The smallest absolute Gasteiger partial charge is 0.232 e. The van der Waals surface area contributed by atoms with Crippen LogP contribution in [-0.2, 0) is 14.4 Å². The molecule has 0 aromatic heterocycles. The van der Waals surface area contributed by atoms with Crippen LogP contribution in [0.5, 0.6) is 0 Å². The minimum atomic E-state index is -0.760. The summed E-state index contributed by atoms with van der Waals surface area (Å²) in [5.74, 6) is -1.50. The second-order valence-electron chi connectivity index (χ2n) is 11.8. The minimum Gasteiger partial charge on any atom is -0.357 e. The number of carbonyl (C=O) groups is 3. The summed E-state index contributed by atoms with van der Waals surface area (Å²) in [5, 5.41) is 3.36. The Labute approximate surface area is 262 Å². The van der Waals surface area contributed by atoms with E-state index in [1.54, 1.807) is 20.8 Å². The highest BCUT2D eigenvalue weighted by Crippen LogP contribution is 2.32. The molecule has 0 saturated carbocycles. The lowest BCUT2D eigenvalue weighted by atomic mass is 9.93. The van der Waals surface area contributed by atoms with Crippen LogP contribution >= 0.6 is 11.6 Å². The van der Waals surface area contributed by atoms with Gasteiger partial charge in [0, 0.05) is 49.0 Å². The monoisotopic (exact) mass is 621 g/mol. The number of nitrogens with one attached hydrogen (secondary N) is 1. The number of likely N-dealkylation sites (tertiary alicyclic amines) is 1. The zero-order valence-corrected chi connectivity index (χ0v) is 27.6. The highest BCUT2D eigenvalue weighted by atomic mass is 35.5. The molecule has 1 aliphatic rings. The maximum Gasteiger partial charge on any atom is 0.232 e. The van der Waals surface area contributed by atoms with Crippen molar-refractivity contribution in [3.63, 3.8) is 0 Å². The number of anilines is 1. The highest BCUT2D eigenvalue weighted by Gasteiger charge is 2.39. The van der Waals surface area contributed by atoms with Gasteiger partial charge in [-0.1, -0.05) is 83.7 Å². The van der Waals surface area contributed by atoms with E-state index in [0.29, 0.717) is 19.5 Å². The van der Waals surface area contributed by atoms with Crippen LogP contribution in [0.25, 0.3) is 0 Å². The molecule has 1 heterocycles. The summed E-state index contributed by atoms with van der Waals surface area (Å²) in [6.07, 6.45) is 5.33. The van der Waals surface area contributed by atoms with Gasteiger partial charge in [-0.15, -0.1) is 0 Å². The van der Waals surface area contributed by atoms with Crippen molar-refractivity contribution in [3.8, 4) is 0 Å². The van der Waals surface area contributed by atoms with Crippen LogP contribution < -0.4 is 10.2 Å². The fraction of sp³-hybridized carbons (Fsp3) is 0.559. The van der Waals surface area contributed by atoms with E-state index in [2.05, 4.69) is 19.2 Å². The van der Waals surface area contributed by atoms with Crippen molar-refractivity contribution in [2.75, 3.05) is 24.5 Å². The minimum absolute atomic E-state index is 0.00280. The van der Waals surface area contributed by atoms with Crippen molar-refractivity contribution in [1.82, 2.24) is 10.2 Å². The molecule has 0 radical (unpaired) electrons. The Morgan fingerprint density at radius 1 is 1.02 bits per heavy atom. The van der Waals surface area contributed by atoms with Gasteiger partial charge < -0.3 is 15.1 Å². The molecule has 2 aromatic carbocycles. The Morgan fingerprint density at radius 3 is 2.12 bits per heavy atom. The first-order valence-corrected chi connectivity index (χ1v) is 15.7. The van der Waals surface area contributed by atoms with Gasteiger partial charge in [-0.25, -0.2) is 8.78 Å². The van der Waals surface area contributed by atoms with E-state index in [9.17, 15) is 23.2 Å². The standard InChI is InChI=1S/C24H36F2N2O2.C6H5Cl.C4H9NO/c1-6-8-10-17(9-7-2)22(29)27-14-13-19(16-27)28(23(30)24(3,4)5)21-12-11-18(25)15-20(21)26;7-6-4-2-1-3-5-6;1-3-5-4(2)6/h11-12,15,17,19H,6-10,13-14,16H2,1-5H3;1-5H;3H2,1-2H3,(H,5,6)/t17-,19?;;/m0../s1. The molecule has 3 amide bonds. The number of hydrogen-bond donors (Lipinski definition) is 1. The van der Waals surface area contributed by atoms with Gasteiger partial charge in [0.2, 0.25) is 17.7 Å². The van der Waals surface area contributed by atoms with Crippen molar-refractivity contribution >= 4 is 35.0 Å². The third kappa shape index (κ3) is 13.5. The van der Waals surface area contributed by atoms with E-state index in [0.717, 1.165) is 49.7 Å². The summed E-state index contributed by atoms with van der Waals surface area (Å²) in [6, 6.07) is 12.4. The molecule has 9 heteroatoms. The Hall–Kier alpha value is -3.00. The Morgan fingerprint density at radius 2 is 1.67 bits per heavy atom. The highest BCUT2D eigenvalue weighted by molar-refractivity contribution is 6.30. The molecule has 1 unspecified atom stereocenters. The number of carbonyl (C=O) groups excluding carboxylic acids is 3. The Balaban J connectivity index is 0.000000584. The van der Waals surface area contributed by atoms with E-state index in [4.69, 9.17) is 11.6 Å². The van der Waals surface area contributed by atoms with Gasteiger partial charge in [-0.05, 0) is 50.5 Å². The van der Waals surface area contributed by atoms with Gasteiger partial charge in [0.1, 0.15) is 11.6 Å². The Kier molecular flexibility index (Phi) is 17.1. The lowest BCUT2D eigenvalue weighted by Gasteiger charge is -2.34. The summed E-state index contributed by atoms with van der Waals surface area (Å²) in [6.45, 7) is 14.6. The van der Waals surface area contributed by atoms with Crippen LogP contribution in [0, 0.1) is 23.0 Å². The normalized spacial score (nSPS) is 14.9. The average Bonchev–Trinajstić information content (AvgIpc) is 3.42. The third-order valence-corrected chi connectivity index (χ3v) is 7.17.